The van der Waals surface area contributed by atoms with Gasteiger partial charge in [-0.05, 0) is 24.1 Å². The van der Waals surface area contributed by atoms with Gasteiger partial charge in [-0.2, -0.15) is 0 Å². The van der Waals surface area contributed by atoms with Gasteiger partial charge in [0, 0.05) is 11.6 Å². The van der Waals surface area contributed by atoms with Crippen molar-refractivity contribution in [2.75, 3.05) is 6.61 Å². The van der Waals surface area contributed by atoms with Crippen molar-refractivity contribution in [3.8, 4) is 0 Å². The molecule has 2 atom stereocenters. The van der Waals surface area contributed by atoms with Gasteiger partial charge < -0.3 is 16.2 Å². The van der Waals surface area contributed by atoms with E-state index in [1.165, 1.54) is 0 Å². The Balaban J connectivity index is 2.04. The molecule has 0 aliphatic carbocycles. The Bertz CT molecular complexity index is 357. The summed E-state index contributed by atoms with van der Waals surface area (Å²) in [5.41, 5.74) is 12.6. The Morgan fingerprint density at radius 1 is 1.47 bits per heavy atom. The average Bonchev–Trinajstić information content (AvgIpc) is 3.02. The van der Waals surface area contributed by atoms with Crippen LogP contribution >= 0.6 is 0 Å². The van der Waals surface area contributed by atoms with Crippen LogP contribution in [-0.4, -0.2) is 18.6 Å². The molecule has 15 heavy (non-hydrogen) atoms. The molecule has 0 radical (unpaired) electrons. The van der Waals surface area contributed by atoms with Crippen molar-refractivity contribution in [1.29, 1.82) is 0 Å². The van der Waals surface area contributed by atoms with Crippen molar-refractivity contribution in [2.24, 2.45) is 11.5 Å². The lowest BCUT2D eigenvalue weighted by atomic mass is 10.0. The Labute approximate surface area is 88.2 Å². The van der Waals surface area contributed by atoms with Gasteiger partial charge in [0.25, 0.3) is 0 Å². The highest BCUT2D eigenvalue weighted by Gasteiger charge is 2.25. The van der Waals surface area contributed by atoms with E-state index >= 15 is 0 Å². The summed E-state index contributed by atoms with van der Waals surface area (Å²) in [4.78, 5) is 10.8. The van der Waals surface area contributed by atoms with E-state index < -0.39 is 5.91 Å². The second kappa shape index (κ2) is 4.00. The molecule has 1 unspecified atom stereocenters. The van der Waals surface area contributed by atoms with Crippen molar-refractivity contribution < 1.29 is 9.53 Å². The number of ether oxygens (including phenoxy) is 1. The van der Waals surface area contributed by atoms with Crippen molar-refractivity contribution in [3.05, 3.63) is 35.4 Å². The van der Waals surface area contributed by atoms with E-state index in [2.05, 4.69) is 0 Å². The highest BCUT2D eigenvalue weighted by Crippen LogP contribution is 2.23. The molecule has 4 heteroatoms. The van der Waals surface area contributed by atoms with E-state index in [9.17, 15) is 4.79 Å². The van der Waals surface area contributed by atoms with Crippen molar-refractivity contribution in [3.63, 3.8) is 0 Å². The molecule has 1 saturated heterocycles. The van der Waals surface area contributed by atoms with E-state index in [0.29, 0.717) is 11.7 Å². The monoisotopic (exact) mass is 206 g/mol. The van der Waals surface area contributed by atoms with Crippen LogP contribution in [0, 0.1) is 0 Å². The number of amides is 1. The molecule has 1 fully saturated rings. The minimum atomic E-state index is -0.416. The summed E-state index contributed by atoms with van der Waals surface area (Å²) in [5.74, 6) is -0.416. The third kappa shape index (κ3) is 2.55. The van der Waals surface area contributed by atoms with Gasteiger partial charge in [-0.15, -0.1) is 0 Å². The Kier molecular flexibility index (Phi) is 2.70. The number of hydrogen-bond donors (Lipinski definition) is 2. The molecule has 1 aliphatic heterocycles. The SMILES string of the molecule is NC(=O)c1ccc([C@H](N)CC2CO2)cc1. The van der Waals surface area contributed by atoms with Crippen molar-refractivity contribution in [1.82, 2.24) is 0 Å². The van der Waals surface area contributed by atoms with Crippen LogP contribution in [-0.2, 0) is 4.74 Å². The van der Waals surface area contributed by atoms with Crippen LogP contribution in [0.3, 0.4) is 0 Å². The van der Waals surface area contributed by atoms with Crippen LogP contribution < -0.4 is 11.5 Å². The Morgan fingerprint density at radius 3 is 2.53 bits per heavy atom. The highest BCUT2D eigenvalue weighted by molar-refractivity contribution is 5.92. The van der Waals surface area contributed by atoms with Gasteiger partial charge in [0.15, 0.2) is 0 Å². The smallest absolute Gasteiger partial charge is 0.248 e. The summed E-state index contributed by atoms with van der Waals surface area (Å²) in [5, 5.41) is 0. The van der Waals surface area contributed by atoms with Gasteiger partial charge >= 0.3 is 0 Å². The summed E-state index contributed by atoms with van der Waals surface area (Å²) < 4.78 is 5.11. The number of carbonyl (C=O) groups excluding carboxylic acids is 1. The largest absolute Gasteiger partial charge is 0.373 e. The maximum Gasteiger partial charge on any atom is 0.248 e. The summed E-state index contributed by atoms with van der Waals surface area (Å²) in [6.45, 7) is 0.813. The average molecular weight is 206 g/mol. The minimum Gasteiger partial charge on any atom is -0.373 e. The van der Waals surface area contributed by atoms with Crippen LogP contribution in [0.4, 0.5) is 0 Å². The fraction of sp³-hybridized carbons (Fsp3) is 0.364. The predicted octanol–water partition coefficient (Wildman–Crippen LogP) is 0.574. The fourth-order valence-electron chi connectivity index (χ4n) is 1.52. The molecule has 0 bridgehead atoms. The molecule has 1 aliphatic rings. The first kappa shape index (κ1) is 10.1. The van der Waals surface area contributed by atoms with E-state index in [-0.39, 0.29) is 6.04 Å². The van der Waals surface area contributed by atoms with Gasteiger partial charge in [-0.25, -0.2) is 0 Å². The Morgan fingerprint density at radius 2 is 2.07 bits per heavy atom. The lowest BCUT2D eigenvalue weighted by molar-refractivity contribution is 0.100. The lowest BCUT2D eigenvalue weighted by Gasteiger charge is -2.10. The molecule has 0 saturated carbocycles. The zero-order valence-corrected chi connectivity index (χ0v) is 8.35. The first-order valence-corrected chi connectivity index (χ1v) is 4.94. The highest BCUT2D eigenvalue weighted by atomic mass is 16.6. The maximum atomic E-state index is 10.8. The second-order valence-corrected chi connectivity index (χ2v) is 3.78. The van der Waals surface area contributed by atoms with Crippen molar-refractivity contribution in [2.45, 2.75) is 18.6 Å². The second-order valence-electron chi connectivity index (χ2n) is 3.78. The zero-order chi connectivity index (χ0) is 10.8. The quantitative estimate of drug-likeness (QED) is 0.707. The Hall–Kier alpha value is -1.39. The standard InChI is InChI=1S/C11H14N2O2/c12-10(5-9-6-15-9)7-1-3-8(4-2-7)11(13)14/h1-4,9-10H,5-6,12H2,(H2,13,14)/t9?,10-/m1/s1. The summed E-state index contributed by atoms with van der Waals surface area (Å²) >= 11 is 0. The molecular formula is C11H14N2O2. The molecule has 0 spiro atoms. The summed E-state index contributed by atoms with van der Waals surface area (Å²) in [6, 6.07) is 7.05. The van der Waals surface area contributed by atoms with E-state index in [4.69, 9.17) is 16.2 Å². The van der Waals surface area contributed by atoms with Crippen LogP contribution in [0.5, 0.6) is 0 Å². The third-order valence-corrected chi connectivity index (χ3v) is 2.54. The molecule has 1 heterocycles. The number of hydrogen-bond acceptors (Lipinski definition) is 3. The third-order valence-electron chi connectivity index (χ3n) is 2.54. The number of epoxide rings is 1. The van der Waals surface area contributed by atoms with Crippen LogP contribution in [0.25, 0.3) is 0 Å². The molecule has 1 amide bonds. The molecule has 2 rings (SSSR count). The van der Waals surface area contributed by atoms with E-state index in [1.54, 1.807) is 12.1 Å². The van der Waals surface area contributed by atoms with Gasteiger partial charge in [-0.1, -0.05) is 12.1 Å². The molecule has 80 valence electrons. The van der Waals surface area contributed by atoms with Crippen LogP contribution in [0.2, 0.25) is 0 Å². The van der Waals surface area contributed by atoms with Gasteiger partial charge in [0.2, 0.25) is 5.91 Å². The fourth-order valence-corrected chi connectivity index (χ4v) is 1.52. The van der Waals surface area contributed by atoms with Gasteiger partial charge in [0.1, 0.15) is 0 Å². The number of primary amides is 1. The summed E-state index contributed by atoms with van der Waals surface area (Å²) in [7, 11) is 0. The van der Waals surface area contributed by atoms with Gasteiger partial charge in [-0.3, -0.25) is 4.79 Å². The van der Waals surface area contributed by atoms with Crippen LogP contribution in [0.15, 0.2) is 24.3 Å². The number of rotatable bonds is 4. The molecule has 1 aromatic rings. The molecule has 1 aromatic carbocycles. The first-order chi connectivity index (χ1) is 7.16. The molecule has 0 aromatic heterocycles. The molecule has 4 nitrogen and oxygen atoms in total. The maximum absolute atomic E-state index is 10.8. The van der Waals surface area contributed by atoms with Crippen LogP contribution in [0.1, 0.15) is 28.4 Å². The molecular weight excluding hydrogens is 192 g/mol. The van der Waals surface area contributed by atoms with Crippen molar-refractivity contribution >= 4 is 5.91 Å². The lowest BCUT2D eigenvalue weighted by Crippen LogP contribution is -2.14. The minimum absolute atomic E-state index is 0.0283. The predicted molar refractivity (Wildman–Crippen MR) is 56.2 cm³/mol. The van der Waals surface area contributed by atoms with E-state index in [0.717, 1.165) is 18.6 Å². The van der Waals surface area contributed by atoms with Gasteiger partial charge in [0.05, 0.1) is 12.7 Å². The number of carbonyl (C=O) groups is 1. The molecule has 4 N–H and O–H groups in total. The number of benzene rings is 1. The zero-order valence-electron chi connectivity index (χ0n) is 8.35. The normalized spacial score (nSPS) is 21.0. The first-order valence-electron chi connectivity index (χ1n) is 4.94. The summed E-state index contributed by atoms with van der Waals surface area (Å²) in [6.07, 6.45) is 1.14. The topological polar surface area (TPSA) is 81.6 Å². The van der Waals surface area contributed by atoms with E-state index in [1.807, 2.05) is 12.1 Å². The number of nitrogens with two attached hydrogens (primary N) is 2.